The summed E-state index contributed by atoms with van der Waals surface area (Å²) >= 11 is 0. The summed E-state index contributed by atoms with van der Waals surface area (Å²) in [7, 11) is 0. The summed E-state index contributed by atoms with van der Waals surface area (Å²) in [5, 5.41) is 16.9. The number of benzene rings is 2. The molecule has 0 aromatic heterocycles. The SMILES string of the molecule is C/C(CCc1ccccc1)=N\NC(=O)C(=O)Nc1cccc([N+](=O)[O-])c1. The van der Waals surface area contributed by atoms with Gasteiger partial charge in [0.1, 0.15) is 0 Å². The lowest BCUT2D eigenvalue weighted by Gasteiger charge is -2.05. The molecule has 2 aromatic carbocycles. The summed E-state index contributed by atoms with van der Waals surface area (Å²) in [4.78, 5) is 33.7. The van der Waals surface area contributed by atoms with Crippen LogP contribution in [0.15, 0.2) is 59.7 Å². The van der Waals surface area contributed by atoms with Gasteiger partial charge in [-0.15, -0.1) is 0 Å². The van der Waals surface area contributed by atoms with Crippen molar-refractivity contribution >= 4 is 28.9 Å². The van der Waals surface area contributed by atoms with Crippen LogP contribution in [0.4, 0.5) is 11.4 Å². The molecule has 0 radical (unpaired) electrons. The molecule has 2 aromatic rings. The number of rotatable bonds is 6. The average molecular weight is 354 g/mol. The third kappa shape index (κ3) is 5.82. The van der Waals surface area contributed by atoms with E-state index in [0.29, 0.717) is 12.1 Å². The molecule has 0 heterocycles. The number of carbonyl (C=O) groups is 2. The van der Waals surface area contributed by atoms with Crippen molar-refractivity contribution in [2.45, 2.75) is 19.8 Å². The number of non-ortho nitro benzene ring substituents is 1. The van der Waals surface area contributed by atoms with E-state index in [2.05, 4.69) is 15.8 Å². The van der Waals surface area contributed by atoms with Gasteiger partial charge in [0.15, 0.2) is 0 Å². The van der Waals surface area contributed by atoms with Crippen LogP contribution in [0, 0.1) is 10.1 Å². The molecule has 134 valence electrons. The Bertz CT molecular complexity index is 834. The average Bonchev–Trinajstić information content (AvgIpc) is 2.65. The van der Waals surface area contributed by atoms with Crippen LogP contribution in [-0.4, -0.2) is 22.4 Å². The van der Waals surface area contributed by atoms with E-state index in [1.807, 2.05) is 30.3 Å². The van der Waals surface area contributed by atoms with E-state index in [9.17, 15) is 19.7 Å². The Morgan fingerprint density at radius 2 is 1.81 bits per heavy atom. The zero-order valence-electron chi connectivity index (χ0n) is 14.1. The van der Waals surface area contributed by atoms with Gasteiger partial charge < -0.3 is 5.32 Å². The minimum Gasteiger partial charge on any atom is -0.317 e. The standard InChI is InChI=1S/C18H18N4O4/c1-13(10-11-14-6-3-2-4-7-14)20-21-18(24)17(23)19-15-8-5-9-16(12-15)22(25)26/h2-9,12H,10-11H2,1H3,(H,19,23)(H,21,24)/b20-13+. The smallest absolute Gasteiger partial charge is 0.317 e. The number of hydrogen-bond donors (Lipinski definition) is 2. The summed E-state index contributed by atoms with van der Waals surface area (Å²) in [6, 6.07) is 15.1. The Balaban J connectivity index is 1.85. The third-order valence-electron chi connectivity index (χ3n) is 3.49. The van der Waals surface area contributed by atoms with Crippen molar-refractivity contribution in [1.29, 1.82) is 0 Å². The summed E-state index contributed by atoms with van der Waals surface area (Å²) in [6.45, 7) is 1.75. The van der Waals surface area contributed by atoms with Crippen molar-refractivity contribution < 1.29 is 14.5 Å². The number of nitro groups is 1. The third-order valence-corrected chi connectivity index (χ3v) is 3.49. The number of carbonyl (C=O) groups excluding carboxylic acids is 2. The van der Waals surface area contributed by atoms with E-state index in [1.165, 1.54) is 24.3 Å². The number of nitrogens with one attached hydrogen (secondary N) is 2. The number of hydrogen-bond acceptors (Lipinski definition) is 5. The van der Waals surface area contributed by atoms with Crippen LogP contribution in [0.25, 0.3) is 0 Å². The molecule has 0 aliphatic rings. The highest BCUT2D eigenvalue weighted by Crippen LogP contribution is 2.16. The lowest BCUT2D eigenvalue weighted by Crippen LogP contribution is -2.32. The first kappa shape index (κ1) is 18.8. The highest BCUT2D eigenvalue weighted by atomic mass is 16.6. The van der Waals surface area contributed by atoms with Crippen LogP contribution >= 0.6 is 0 Å². The summed E-state index contributed by atoms with van der Waals surface area (Å²) in [5.41, 5.74) is 3.97. The lowest BCUT2D eigenvalue weighted by molar-refractivity contribution is -0.384. The van der Waals surface area contributed by atoms with Gasteiger partial charge in [-0.3, -0.25) is 19.7 Å². The molecule has 26 heavy (non-hydrogen) atoms. The normalized spacial score (nSPS) is 10.9. The van der Waals surface area contributed by atoms with Crippen LogP contribution < -0.4 is 10.7 Å². The minimum atomic E-state index is -0.954. The Hall–Kier alpha value is -3.55. The van der Waals surface area contributed by atoms with E-state index in [0.717, 1.165) is 12.0 Å². The molecular formula is C18H18N4O4. The van der Waals surface area contributed by atoms with Crippen molar-refractivity contribution in [1.82, 2.24) is 5.43 Å². The highest BCUT2D eigenvalue weighted by molar-refractivity contribution is 6.39. The second kappa shape index (κ2) is 9.07. The Morgan fingerprint density at radius 1 is 1.08 bits per heavy atom. The molecule has 2 N–H and O–H groups in total. The molecule has 0 aliphatic heterocycles. The van der Waals surface area contributed by atoms with E-state index in [4.69, 9.17) is 0 Å². The van der Waals surface area contributed by atoms with Crippen molar-refractivity contribution in [2.75, 3.05) is 5.32 Å². The first-order chi connectivity index (χ1) is 12.5. The number of hydrazone groups is 1. The van der Waals surface area contributed by atoms with Gasteiger partial charge in [0.05, 0.1) is 4.92 Å². The van der Waals surface area contributed by atoms with Crippen LogP contribution in [-0.2, 0) is 16.0 Å². The fourth-order valence-corrected chi connectivity index (χ4v) is 2.11. The van der Waals surface area contributed by atoms with Crippen molar-refractivity contribution in [3.05, 3.63) is 70.3 Å². The quantitative estimate of drug-likeness (QED) is 0.359. The second-order valence-electron chi connectivity index (χ2n) is 5.54. The van der Waals surface area contributed by atoms with Crippen LogP contribution in [0.1, 0.15) is 18.9 Å². The summed E-state index contributed by atoms with van der Waals surface area (Å²) < 4.78 is 0. The minimum absolute atomic E-state index is 0.157. The molecule has 0 aliphatic carbocycles. The van der Waals surface area contributed by atoms with Crippen molar-refractivity contribution in [2.24, 2.45) is 5.10 Å². The Labute approximate surface area is 150 Å². The summed E-state index contributed by atoms with van der Waals surface area (Å²) in [6.07, 6.45) is 1.41. The highest BCUT2D eigenvalue weighted by Gasteiger charge is 2.14. The molecule has 8 nitrogen and oxygen atoms in total. The largest absolute Gasteiger partial charge is 0.329 e. The zero-order valence-corrected chi connectivity index (χ0v) is 14.1. The molecule has 0 spiro atoms. The fraction of sp³-hybridized carbons (Fsp3) is 0.167. The van der Waals surface area contributed by atoms with Gasteiger partial charge in [-0.2, -0.15) is 5.10 Å². The van der Waals surface area contributed by atoms with Crippen LogP contribution in [0.5, 0.6) is 0 Å². The Kier molecular flexibility index (Phi) is 6.55. The number of nitrogens with zero attached hydrogens (tertiary/aromatic N) is 2. The topological polar surface area (TPSA) is 114 Å². The molecule has 0 unspecified atom stereocenters. The first-order valence-corrected chi connectivity index (χ1v) is 7.88. The summed E-state index contributed by atoms with van der Waals surface area (Å²) in [5.74, 6) is -1.90. The fourth-order valence-electron chi connectivity index (χ4n) is 2.11. The van der Waals surface area contributed by atoms with E-state index in [1.54, 1.807) is 6.92 Å². The maximum Gasteiger partial charge on any atom is 0.329 e. The van der Waals surface area contributed by atoms with Gasteiger partial charge in [-0.05, 0) is 31.4 Å². The molecule has 8 heteroatoms. The van der Waals surface area contributed by atoms with E-state index < -0.39 is 16.7 Å². The van der Waals surface area contributed by atoms with Gasteiger partial charge in [-0.25, -0.2) is 5.43 Å². The molecule has 0 fully saturated rings. The number of anilines is 1. The maximum absolute atomic E-state index is 11.8. The lowest BCUT2D eigenvalue weighted by atomic mass is 10.1. The number of amides is 2. The second-order valence-corrected chi connectivity index (χ2v) is 5.54. The molecular weight excluding hydrogens is 336 g/mol. The molecule has 0 saturated heterocycles. The van der Waals surface area contributed by atoms with E-state index >= 15 is 0 Å². The van der Waals surface area contributed by atoms with Gasteiger partial charge in [0, 0.05) is 23.5 Å². The predicted octanol–water partition coefficient (Wildman–Crippen LogP) is 2.66. The van der Waals surface area contributed by atoms with Gasteiger partial charge in [0.2, 0.25) is 0 Å². The van der Waals surface area contributed by atoms with Gasteiger partial charge in [-0.1, -0.05) is 36.4 Å². The predicted molar refractivity (Wildman–Crippen MR) is 97.7 cm³/mol. The van der Waals surface area contributed by atoms with Gasteiger partial charge >= 0.3 is 11.8 Å². The van der Waals surface area contributed by atoms with Crippen molar-refractivity contribution in [3.8, 4) is 0 Å². The number of aryl methyl sites for hydroxylation is 1. The maximum atomic E-state index is 11.8. The van der Waals surface area contributed by atoms with Gasteiger partial charge in [0.25, 0.3) is 5.69 Å². The van der Waals surface area contributed by atoms with Crippen LogP contribution in [0.3, 0.4) is 0 Å². The van der Waals surface area contributed by atoms with Crippen LogP contribution in [0.2, 0.25) is 0 Å². The van der Waals surface area contributed by atoms with Crippen molar-refractivity contribution in [3.63, 3.8) is 0 Å². The first-order valence-electron chi connectivity index (χ1n) is 7.88. The zero-order chi connectivity index (χ0) is 18.9. The number of nitro benzene ring substituents is 1. The molecule has 2 rings (SSSR count). The van der Waals surface area contributed by atoms with E-state index in [-0.39, 0.29) is 11.4 Å². The molecule has 2 amide bonds. The molecule has 0 saturated carbocycles. The molecule has 0 atom stereocenters. The molecule has 0 bridgehead atoms. The Morgan fingerprint density at radius 3 is 2.50 bits per heavy atom. The monoisotopic (exact) mass is 354 g/mol.